The number of anilines is 1. The smallest absolute Gasteiger partial charge is 0.255 e. The molecule has 0 fully saturated rings. The van der Waals surface area contributed by atoms with E-state index in [0.717, 1.165) is 11.1 Å². The van der Waals surface area contributed by atoms with E-state index in [2.05, 4.69) is 5.32 Å². The number of halogens is 1. The van der Waals surface area contributed by atoms with Crippen LogP contribution in [0.1, 0.15) is 21.5 Å². The Morgan fingerprint density at radius 2 is 1.90 bits per heavy atom. The van der Waals surface area contributed by atoms with Crippen LogP contribution in [-0.4, -0.2) is 13.0 Å². The van der Waals surface area contributed by atoms with Crippen LogP contribution < -0.4 is 11.1 Å². The summed E-state index contributed by atoms with van der Waals surface area (Å²) in [5.41, 5.74) is 8.51. The molecule has 2 aromatic carbocycles. The van der Waals surface area contributed by atoms with E-state index in [1.165, 1.54) is 0 Å². The lowest BCUT2D eigenvalue weighted by molar-refractivity contribution is 0.0951. The monoisotopic (exact) mass is 304 g/mol. The maximum absolute atomic E-state index is 12.2. The molecule has 0 saturated carbocycles. The Hall–Kier alpha value is -2.04. The fraction of sp³-hybridized carbons (Fsp3) is 0.188. The number of ether oxygens (including phenoxy) is 1. The maximum atomic E-state index is 12.2. The molecule has 2 aromatic rings. The average Bonchev–Trinajstić information content (AvgIpc) is 2.46. The molecule has 3 N–H and O–H groups in total. The van der Waals surface area contributed by atoms with Gasteiger partial charge in [0, 0.05) is 19.3 Å². The molecule has 0 spiro atoms. The Kier molecular flexibility index (Phi) is 5.20. The number of carbonyl (C=O) groups excluding carboxylic acids is 1. The van der Waals surface area contributed by atoms with Crippen LogP contribution in [0.3, 0.4) is 0 Å². The SMILES string of the molecule is COCc1ccccc1CNC(=O)c1c(N)cccc1Cl. The topological polar surface area (TPSA) is 64.3 Å². The zero-order chi connectivity index (χ0) is 15.2. The van der Waals surface area contributed by atoms with Gasteiger partial charge in [-0.3, -0.25) is 4.79 Å². The van der Waals surface area contributed by atoms with Gasteiger partial charge >= 0.3 is 0 Å². The summed E-state index contributed by atoms with van der Waals surface area (Å²) in [6, 6.07) is 12.8. The van der Waals surface area contributed by atoms with Gasteiger partial charge in [0.25, 0.3) is 5.91 Å². The normalized spacial score (nSPS) is 10.4. The van der Waals surface area contributed by atoms with Gasteiger partial charge in [0.2, 0.25) is 0 Å². The van der Waals surface area contributed by atoms with Crippen molar-refractivity contribution in [1.82, 2.24) is 5.32 Å². The molecule has 5 heteroatoms. The first-order valence-corrected chi connectivity index (χ1v) is 6.89. The molecule has 0 saturated heterocycles. The van der Waals surface area contributed by atoms with E-state index in [1.54, 1.807) is 25.3 Å². The van der Waals surface area contributed by atoms with Crippen molar-refractivity contribution in [3.63, 3.8) is 0 Å². The van der Waals surface area contributed by atoms with Crippen LogP contribution in [0, 0.1) is 0 Å². The Morgan fingerprint density at radius 1 is 1.19 bits per heavy atom. The highest BCUT2D eigenvalue weighted by Crippen LogP contribution is 2.21. The third-order valence-electron chi connectivity index (χ3n) is 3.13. The van der Waals surface area contributed by atoms with Crippen LogP contribution in [0.4, 0.5) is 5.69 Å². The molecule has 0 heterocycles. The molecule has 4 nitrogen and oxygen atoms in total. The number of carbonyl (C=O) groups is 1. The van der Waals surface area contributed by atoms with Gasteiger partial charge in [0.1, 0.15) is 0 Å². The van der Waals surface area contributed by atoms with Crippen LogP contribution >= 0.6 is 11.6 Å². The summed E-state index contributed by atoms with van der Waals surface area (Å²) in [5, 5.41) is 3.18. The highest BCUT2D eigenvalue weighted by molar-refractivity contribution is 6.34. The van der Waals surface area contributed by atoms with Crippen molar-refractivity contribution >= 4 is 23.2 Å². The Balaban J connectivity index is 2.11. The largest absolute Gasteiger partial charge is 0.398 e. The quantitative estimate of drug-likeness (QED) is 0.835. The second kappa shape index (κ2) is 7.11. The molecular formula is C16H17ClN2O2. The average molecular weight is 305 g/mol. The Labute approximate surface area is 128 Å². The fourth-order valence-corrected chi connectivity index (χ4v) is 2.34. The molecule has 0 aliphatic heterocycles. The van der Waals surface area contributed by atoms with Crippen LogP contribution in [0.15, 0.2) is 42.5 Å². The van der Waals surface area contributed by atoms with Gasteiger partial charge in [-0.1, -0.05) is 41.9 Å². The molecule has 0 aromatic heterocycles. The summed E-state index contributed by atoms with van der Waals surface area (Å²) in [4.78, 5) is 12.2. The van der Waals surface area contributed by atoms with Gasteiger partial charge in [-0.2, -0.15) is 0 Å². The van der Waals surface area contributed by atoms with Crippen LogP contribution in [-0.2, 0) is 17.9 Å². The molecule has 0 unspecified atom stereocenters. The molecule has 0 aliphatic carbocycles. The maximum Gasteiger partial charge on any atom is 0.255 e. The van der Waals surface area contributed by atoms with Gasteiger partial charge in [-0.05, 0) is 23.3 Å². The first-order chi connectivity index (χ1) is 10.1. The van der Waals surface area contributed by atoms with Gasteiger partial charge in [0.15, 0.2) is 0 Å². The molecule has 0 aliphatic rings. The third kappa shape index (κ3) is 3.74. The summed E-state index contributed by atoms with van der Waals surface area (Å²) >= 11 is 6.03. The summed E-state index contributed by atoms with van der Waals surface area (Å²) in [6.07, 6.45) is 0. The lowest BCUT2D eigenvalue weighted by Crippen LogP contribution is -2.24. The Bertz CT molecular complexity index is 624. The molecule has 21 heavy (non-hydrogen) atoms. The van der Waals surface area contributed by atoms with Crippen molar-refractivity contribution in [2.45, 2.75) is 13.2 Å². The summed E-state index contributed by atoms with van der Waals surface area (Å²) in [6.45, 7) is 0.892. The van der Waals surface area contributed by atoms with Crippen LogP contribution in [0.2, 0.25) is 5.02 Å². The number of rotatable bonds is 5. The van der Waals surface area contributed by atoms with Gasteiger partial charge < -0.3 is 15.8 Å². The number of hydrogen-bond acceptors (Lipinski definition) is 3. The van der Waals surface area contributed by atoms with E-state index < -0.39 is 0 Å². The summed E-state index contributed by atoms with van der Waals surface area (Å²) < 4.78 is 5.14. The Morgan fingerprint density at radius 3 is 2.57 bits per heavy atom. The number of amides is 1. The first kappa shape index (κ1) is 15.4. The van der Waals surface area contributed by atoms with Crippen molar-refractivity contribution in [2.24, 2.45) is 0 Å². The van der Waals surface area contributed by atoms with Crippen molar-refractivity contribution in [1.29, 1.82) is 0 Å². The number of methoxy groups -OCH3 is 1. The highest BCUT2D eigenvalue weighted by Gasteiger charge is 2.13. The standard InChI is InChI=1S/C16H17ClN2O2/c1-21-10-12-6-3-2-5-11(12)9-19-16(20)15-13(17)7-4-8-14(15)18/h2-8H,9-10,18H2,1H3,(H,19,20). The number of benzene rings is 2. The third-order valence-corrected chi connectivity index (χ3v) is 3.45. The molecule has 0 bridgehead atoms. The molecular weight excluding hydrogens is 288 g/mol. The van der Waals surface area contributed by atoms with Gasteiger partial charge in [-0.25, -0.2) is 0 Å². The van der Waals surface area contributed by atoms with Gasteiger partial charge in [0.05, 0.1) is 17.2 Å². The lowest BCUT2D eigenvalue weighted by Gasteiger charge is -2.12. The molecule has 0 radical (unpaired) electrons. The van der Waals surface area contributed by atoms with Gasteiger partial charge in [-0.15, -0.1) is 0 Å². The minimum atomic E-state index is -0.287. The zero-order valence-corrected chi connectivity index (χ0v) is 12.5. The van der Waals surface area contributed by atoms with E-state index in [-0.39, 0.29) is 5.91 Å². The fourth-order valence-electron chi connectivity index (χ4n) is 2.07. The minimum Gasteiger partial charge on any atom is -0.398 e. The number of hydrogen-bond donors (Lipinski definition) is 2. The van der Waals surface area contributed by atoms with E-state index in [1.807, 2.05) is 24.3 Å². The van der Waals surface area contributed by atoms with Crippen molar-refractivity contribution in [3.05, 3.63) is 64.2 Å². The molecule has 1 amide bonds. The van der Waals surface area contributed by atoms with Crippen molar-refractivity contribution < 1.29 is 9.53 Å². The number of nitrogen functional groups attached to an aromatic ring is 1. The van der Waals surface area contributed by atoms with Crippen LogP contribution in [0.5, 0.6) is 0 Å². The van der Waals surface area contributed by atoms with Crippen molar-refractivity contribution in [3.8, 4) is 0 Å². The number of nitrogens with two attached hydrogens (primary N) is 1. The van der Waals surface area contributed by atoms with E-state index in [4.69, 9.17) is 22.1 Å². The summed E-state index contributed by atoms with van der Waals surface area (Å²) in [7, 11) is 1.64. The molecule has 110 valence electrons. The minimum absolute atomic E-state index is 0.287. The second-order valence-electron chi connectivity index (χ2n) is 4.59. The summed E-state index contributed by atoms with van der Waals surface area (Å²) in [5.74, 6) is -0.287. The number of nitrogens with one attached hydrogen (secondary N) is 1. The first-order valence-electron chi connectivity index (χ1n) is 6.51. The van der Waals surface area contributed by atoms with E-state index >= 15 is 0 Å². The predicted octanol–water partition coefficient (Wildman–Crippen LogP) is 3.00. The van der Waals surface area contributed by atoms with E-state index in [0.29, 0.717) is 29.4 Å². The van der Waals surface area contributed by atoms with Crippen molar-refractivity contribution in [2.75, 3.05) is 12.8 Å². The lowest BCUT2D eigenvalue weighted by atomic mass is 10.1. The predicted molar refractivity (Wildman–Crippen MR) is 84.2 cm³/mol. The highest BCUT2D eigenvalue weighted by atomic mass is 35.5. The zero-order valence-electron chi connectivity index (χ0n) is 11.7. The van der Waals surface area contributed by atoms with Crippen LogP contribution in [0.25, 0.3) is 0 Å². The second-order valence-corrected chi connectivity index (χ2v) is 5.00. The van der Waals surface area contributed by atoms with E-state index in [9.17, 15) is 4.79 Å². The molecule has 2 rings (SSSR count). The molecule has 0 atom stereocenters.